The Kier molecular flexibility index (Phi) is 11.6. The molecule has 0 radical (unpaired) electrons. The number of rotatable bonds is 8. The zero-order valence-electron chi connectivity index (χ0n) is 47.6. The van der Waals surface area contributed by atoms with Crippen LogP contribution in [0.1, 0.15) is 52.7 Å². The van der Waals surface area contributed by atoms with Crippen LogP contribution in [-0.2, 0) is 10.8 Å². The van der Waals surface area contributed by atoms with E-state index < -0.39 is 0 Å². The molecule has 0 atom stereocenters. The zero-order chi connectivity index (χ0) is 56.1. The van der Waals surface area contributed by atoms with Crippen LogP contribution >= 0.6 is 0 Å². The second-order valence-corrected chi connectivity index (χ2v) is 24.3. The summed E-state index contributed by atoms with van der Waals surface area (Å²) in [6.45, 7) is 13.9. The van der Waals surface area contributed by atoms with Crippen molar-refractivity contribution in [3.63, 3.8) is 0 Å². The van der Waals surface area contributed by atoms with Gasteiger partial charge in [0.15, 0.2) is 5.82 Å². The quantitative estimate of drug-likeness (QED) is 0.152. The Labute approximate surface area is 484 Å². The van der Waals surface area contributed by atoms with Crippen molar-refractivity contribution in [3.8, 4) is 73.2 Å². The third-order valence-corrected chi connectivity index (χ3v) is 16.9. The molecule has 15 aromatic rings. The van der Waals surface area contributed by atoms with Crippen LogP contribution in [0.5, 0.6) is 0 Å². The Hall–Kier alpha value is -10.1. The van der Waals surface area contributed by atoms with Crippen molar-refractivity contribution in [1.29, 1.82) is 0 Å². The molecule has 5 heteroatoms. The van der Waals surface area contributed by atoms with Gasteiger partial charge < -0.3 is 13.7 Å². The molecule has 0 aliphatic heterocycles. The highest BCUT2D eigenvalue weighted by Gasteiger charge is 2.27. The molecule has 0 aliphatic rings. The largest absolute Gasteiger partial charge is 0.309 e. The van der Waals surface area contributed by atoms with Crippen molar-refractivity contribution in [2.24, 2.45) is 0 Å². The average molecular weight is 1070 g/mol. The van der Waals surface area contributed by atoms with E-state index in [-0.39, 0.29) is 10.8 Å². The summed E-state index contributed by atoms with van der Waals surface area (Å²) in [5.41, 5.74) is 21.5. The lowest BCUT2D eigenvalue weighted by atomic mass is 9.85. The van der Waals surface area contributed by atoms with E-state index in [2.05, 4.69) is 316 Å². The maximum atomic E-state index is 5.55. The highest BCUT2D eigenvalue weighted by atomic mass is 15.0. The number of fused-ring (bicyclic) bond motifs is 9. The molecule has 398 valence electrons. The fraction of sp³-hybridized carbons (Fsp3) is 0.103. The van der Waals surface area contributed by atoms with Crippen molar-refractivity contribution >= 4 is 65.4 Å². The lowest BCUT2D eigenvalue weighted by Crippen LogP contribution is -2.10. The minimum Gasteiger partial charge on any atom is -0.309 e. The molecule has 4 heterocycles. The minimum absolute atomic E-state index is 0.0738. The van der Waals surface area contributed by atoms with E-state index in [1.807, 2.05) is 0 Å². The smallest absolute Gasteiger partial charge is 0.160 e. The number of aromatic nitrogens is 5. The molecule has 0 amide bonds. The summed E-state index contributed by atoms with van der Waals surface area (Å²) < 4.78 is 7.42. The summed E-state index contributed by atoms with van der Waals surface area (Å²) in [5.74, 6) is 0.642. The molecule has 11 aromatic carbocycles. The van der Waals surface area contributed by atoms with Gasteiger partial charge in [0, 0.05) is 71.5 Å². The minimum atomic E-state index is -0.0738. The number of hydrogen-bond acceptors (Lipinski definition) is 2. The first-order valence-corrected chi connectivity index (χ1v) is 28.9. The monoisotopic (exact) mass is 1070 g/mol. The normalized spacial score (nSPS) is 12.2. The first-order valence-electron chi connectivity index (χ1n) is 28.9. The van der Waals surface area contributed by atoms with Crippen LogP contribution in [-0.4, -0.2) is 23.7 Å². The predicted octanol–water partition coefficient (Wildman–Crippen LogP) is 20.7. The van der Waals surface area contributed by atoms with E-state index in [9.17, 15) is 0 Å². The maximum Gasteiger partial charge on any atom is 0.160 e. The molecule has 0 saturated carbocycles. The van der Waals surface area contributed by atoms with E-state index in [0.717, 1.165) is 100 Å². The fourth-order valence-electron chi connectivity index (χ4n) is 12.8. The van der Waals surface area contributed by atoms with E-state index in [0.29, 0.717) is 5.82 Å². The third kappa shape index (κ3) is 8.45. The molecule has 83 heavy (non-hydrogen) atoms. The van der Waals surface area contributed by atoms with Crippen LogP contribution in [0.15, 0.2) is 261 Å². The predicted molar refractivity (Wildman–Crippen MR) is 350 cm³/mol. The summed E-state index contributed by atoms with van der Waals surface area (Å²) in [5, 5.41) is 7.34. The van der Waals surface area contributed by atoms with Crippen LogP contribution in [0.2, 0.25) is 0 Å². The summed E-state index contributed by atoms with van der Waals surface area (Å²) in [6, 6.07) is 95.6. The summed E-state index contributed by atoms with van der Waals surface area (Å²) in [7, 11) is 0. The molecule has 0 aliphatic carbocycles. The van der Waals surface area contributed by atoms with Gasteiger partial charge in [-0.3, -0.25) is 0 Å². The molecule has 5 nitrogen and oxygen atoms in total. The van der Waals surface area contributed by atoms with E-state index in [1.165, 1.54) is 43.4 Å². The molecule has 15 rings (SSSR count). The highest BCUT2D eigenvalue weighted by Crippen LogP contribution is 2.47. The Morgan fingerprint density at radius 2 is 0.614 bits per heavy atom. The Balaban J connectivity index is 1.10. The van der Waals surface area contributed by atoms with Gasteiger partial charge in [0.1, 0.15) is 0 Å². The Morgan fingerprint density at radius 3 is 1.00 bits per heavy atom. The third-order valence-electron chi connectivity index (χ3n) is 16.9. The summed E-state index contributed by atoms with van der Waals surface area (Å²) in [4.78, 5) is 11.1. The number of para-hydroxylation sites is 4. The van der Waals surface area contributed by atoms with Gasteiger partial charge >= 0.3 is 0 Å². The van der Waals surface area contributed by atoms with Crippen LogP contribution < -0.4 is 0 Å². The standard InChI is InChI=1S/C78H61N5/c1-77(2,3)55-39-41-73-65(47-55)66-48-56(78(4,5)6)40-42-74(66)83(73)75-63(52-27-21-29-57(43-52)81-69-35-17-13-31-59(69)60-32-14-18-36-70(60)81)45-54(76-79-67(50-23-9-7-10-24-50)49-68(80-76)51-25-11-8-12-26-51)46-64(75)53-28-22-30-58(44-53)82-71-37-19-15-33-61(71)62-34-16-20-38-72(62)82/h7-49H,1-6H3. The van der Waals surface area contributed by atoms with Gasteiger partial charge in [-0.15, -0.1) is 0 Å². The zero-order valence-corrected chi connectivity index (χ0v) is 47.6. The van der Waals surface area contributed by atoms with Gasteiger partial charge in [-0.05, 0) is 124 Å². The topological polar surface area (TPSA) is 40.6 Å². The summed E-state index contributed by atoms with van der Waals surface area (Å²) >= 11 is 0. The molecule has 0 fully saturated rings. The average Bonchev–Trinajstić information content (AvgIpc) is 3.97. The van der Waals surface area contributed by atoms with E-state index >= 15 is 0 Å². The van der Waals surface area contributed by atoms with Crippen molar-refractivity contribution in [2.45, 2.75) is 52.4 Å². The van der Waals surface area contributed by atoms with Crippen molar-refractivity contribution < 1.29 is 0 Å². The maximum absolute atomic E-state index is 5.55. The van der Waals surface area contributed by atoms with Crippen molar-refractivity contribution in [2.75, 3.05) is 0 Å². The van der Waals surface area contributed by atoms with Crippen molar-refractivity contribution in [3.05, 3.63) is 272 Å². The number of nitrogens with zero attached hydrogens (tertiary/aromatic N) is 5. The molecule has 0 spiro atoms. The molecule has 4 aromatic heterocycles. The van der Waals surface area contributed by atoms with Gasteiger partial charge in [-0.2, -0.15) is 0 Å². The van der Waals surface area contributed by atoms with Gasteiger partial charge in [0.05, 0.1) is 50.2 Å². The lowest BCUT2D eigenvalue weighted by Gasteiger charge is -2.23. The van der Waals surface area contributed by atoms with Crippen LogP contribution in [0.3, 0.4) is 0 Å². The van der Waals surface area contributed by atoms with Gasteiger partial charge in [0.25, 0.3) is 0 Å². The van der Waals surface area contributed by atoms with E-state index in [1.54, 1.807) is 0 Å². The van der Waals surface area contributed by atoms with Crippen molar-refractivity contribution in [1.82, 2.24) is 23.7 Å². The van der Waals surface area contributed by atoms with E-state index in [4.69, 9.17) is 9.97 Å². The Morgan fingerprint density at radius 1 is 0.265 bits per heavy atom. The Bertz CT molecular complexity index is 4630. The van der Waals surface area contributed by atoms with Crippen LogP contribution in [0.4, 0.5) is 0 Å². The second-order valence-electron chi connectivity index (χ2n) is 24.3. The first kappa shape index (κ1) is 49.9. The van der Waals surface area contributed by atoms with Crippen LogP contribution in [0.25, 0.3) is 139 Å². The van der Waals surface area contributed by atoms with Gasteiger partial charge in [-0.25, -0.2) is 9.97 Å². The molecular formula is C78H61N5. The first-order chi connectivity index (χ1) is 40.4. The number of benzene rings is 11. The lowest BCUT2D eigenvalue weighted by molar-refractivity contribution is 0.590. The van der Waals surface area contributed by atoms with Crippen LogP contribution in [0, 0.1) is 0 Å². The molecule has 0 N–H and O–H groups in total. The molecule has 0 bridgehead atoms. The molecular weight excluding hydrogens is 1010 g/mol. The number of hydrogen-bond donors (Lipinski definition) is 0. The molecule has 0 saturated heterocycles. The van der Waals surface area contributed by atoms with Gasteiger partial charge in [-0.1, -0.05) is 211 Å². The fourth-order valence-corrected chi connectivity index (χ4v) is 12.8. The molecule has 0 unspecified atom stereocenters. The second kappa shape index (κ2) is 19.3. The SMILES string of the molecule is CC(C)(C)c1ccc2c(c1)c1cc(C(C)(C)C)ccc1n2-c1c(-c2cccc(-n3c4ccccc4c4ccccc43)c2)cc(-c2nc(-c3ccccc3)cc(-c3ccccc3)n2)cc1-c1cccc(-n2c3ccccc3c3ccccc32)c1. The van der Waals surface area contributed by atoms with Gasteiger partial charge in [0.2, 0.25) is 0 Å². The summed E-state index contributed by atoms with van der Waals surface area (Å²) in [6.07, 6.45) is 0. The highest BCUT2D eigenvalue weighted by molar-refractivity contribution is 6.13.